The molecule has 188 valence electrons. The Morgan fingerprint density at radius 2 is 1.85 bits per heavy atom. The number of amides is 2. The van der Waals surface area contributed by atoms with Crippen molar-refractivity contribution in [2.24, 2.45) is 5.73 Å². The highest BCUT2D eigenvalue weighted by Gasteiger charge is 2.40. The van der Waals surface area contributed by atoms with Crippen LogP contribution < -0.4 is 21.7 Å². The van der Waals surface area contributed by atoms with Crippen molar-refractivity contribution in [2.75, 3.05) is 19.6 Å². The average Bonchev–Trinajstić information content (AvgIpc) is 3.30. The summed E-state index contributed by atoms with van der Waals surface area (Å²) in [7, 11) is -3.90. The molecule has 0 radical (unpaired) electrons. The Hall–Kier alpha value is -3.19. The van der Waals surface area contributed by atoms with Crippen molar-refractivity contribution in [3.8, 4) is 0 Å². The SMILES string of the molecule is N=C(N)NCCCCCC(=O)NCC(NC(=O)C1CCCN1S(=O)(=O)c1ccccc1)C(=O)O. The number of nitrogens with one attached hydrogen (secondary N) is 4. The smallest absolute Gasteiger partial charge is 0.328 e. The summed E-state index contributed by atoms with van der Waals surface area (Å²) >= 11 is 0. The first-order chi connectivity index (χ1) is 16.1. The van der Waals surface area contributed by atoms with Crippen molar-refractivity contribution in [1.82, 2.24) is 20.3 Å². The zero-order valence-corrected chi connectivity index (χ0v) is 19.6. The molecule has 0 aliphatic carbocycles. The van der Waals surface area contributed by atoms with E-state index in [0.717, 1.165) is 17.1 Å². The maximum absolute atomic E-state index is 12.9. The Bertz CT molecular complexity index is 971. The summed E-state index contributed by atoms with van der Waals surface area (Å²) < 4.78 is 27.0. The van der Waals surface area contributed by atoms with Crippen LogP contribution in [0.3, 0.4) is 0 Å². The van der Waals surface area contributed by atoms with E-state index in [2.05, 4.69) is 16.0 Å². The minimum Gasteiger partial charge on any atom is -0.480 e. The van der Waals surface area contributed by atoms with Gasteiger partial charge in [0.15, 0.2) is 5.96 Å². The van der Waals surface area contributed by atoms with Crippen molar-refractivity contribution >= 4 is 33.8 Å². The molecule has 0 spiro atoms. The van der Waals surface area contributed by atoms with Gasteiger partial charge in [-0.2, -0.15) is 4.31 Å². The maximum atomic E-state index is 12.9. The molecule has 7 N–H and O–H groups in total. The van der Waals surface area contributed by atoms with Crippen molar-refractivity contribution in [3.05, 3.63) is 30.3 Å². The summed E-state index contributed by atoms with van der Waals surface area (Å²) in [6.45, 7) is 0.373. The molecule has 1 saturated heterocycles. The van der Waals surface area contributed by atoms with Gasteiger partial charge in [0.1, 0.15) is 12.1 Å². The van der Waals surface area contributed by atoms with Crippen molar-refractivity contribution < 1.29 is 27.9 Å². The number of nitrogens with zero attached hydrogens (tertiary/aromatic N) is 1. The van der Waals surface area contributed by atoms with Crippen LogP contribution >= 0.6 is 0 Å². The van der Waals surface area contributed by atoms with Crippen molar-refractivity contribution in [1.29, 1.82) is 5.41 Å². The number of carboxylic acid groups (broad SMARTS) is 1. The lowest BCUT2D eigenvalue weighted by Crippen LogP contribution is -2.54. The molecule has 1 aliphatic heterocycles. The van der Waals surface area contributed by atoms with Gasteiger partial charge in [-0.1, -0.05) is 24.6 Å². The topological polar surface area (TPSA) is 195 Å². The van der Waals surface area contributed by atoms with Crippen LogP contribution in [0.15, 0.2) is 35.2 Å². The van der Waals surface area contributed by atoms with E-state index < -0.39 is 34.0 Å². The van der Waals surface area contributed by atoms with E-state index in [-0.39, 0.29) is 42.7 Å². The number of hydrogen-bond donors (Lipinski definition) is 6. The molecule has 1 aromatic carbocycles. The molecule has 13 heteroatoms. The fourth-order valence-corrected chi connectivity index (χ4v) is 5.28. The molecule has 2 rings (SSSR count). The number of hydrogen-bond acceptors (Lipinski definition) is 6. The Labute approximate surface area is 198 Å². The number of rotatable bonds is 13. The molecule has 1 aliphatic rings. The highest BCUT2D eigenvalue weighted by atomic mass is 32.2. The minimum absolute atomic E-state index is 0.0637. The summed E-state index contributed by atoms with van der Waals surface area (Å²) in [5, 5.41) is 24.0. The largest absolute Gasteiger partial charge is 0.480 e. The fraction of sp³-hybridized carbons (Fsp3) is 0.524. The summed E-state index contributed by atoms with van der Waals surface area (Å²) in [6.07, 6.45) is 2.95. The van der Waals surface area contributed by atoms with E-state index in [1.807, 2.05) is 0 Å². The second kappa shape index (κ2) is 12.9. The zero-order chi connectivity index (χ0) is 25.1. The van der Waals surface area contributed by atoms with E-state index in [4.69, 9.17) is 11.1 Å². The van der Waals surface area contributed by atoms with E-state index in [9.17, 15) is 27.9 Å². The molecule has 12 nitrogen and oxygen atoms in total. The molecule has 0 saturated carbocycles. The third-order valence-electron chi connectivity index (χ3n) is 5.37. The number of aliphatic carboxylic acids is 1. The first kappa shape index (κ1) is 27.1. The quantitative estimate of drug-likeness (QED) is 0.120. The number of sulfonamides is 1. The van der Waals surface area contributed by atoms with E-state index in [1.165, 1.54) is 12.1 Å². The van der Waals surface area contributed by atoms with Crippen LogP contribution in [-0.2, 0) is 24.4 Å². The van der Waals surface area contributed by atoms with Crippen LogP contribution in [0.1, 0.15) is 38.5 Å². The standard InChI is InChI=1S/C21H32N6O6S/c22-21(23)24-12-6-2-5-11-18(28)25-14-16(20(30)31)26-19(29)17-10-7-13-27(17)34(32,33)15-8-3-1-4-9-15/h1,3-4,8-9,16-17H,2,5-7,10-14H2,(H,25,28)(H,26,29)(H,30,31)(H4,22,23,24). The van der Waals surface area contributed by atoms with Gasteiger partial charge in [0.05, 0.1) is 4.90 Å². The molecular weight excluding hydrogens is 464 g/mol. The molecular formula is C21H32N6O6S. The van der Waals surface area contributed by atoms with Gasteiger partial charge in [-0.3, -0.25) is 15.0 Å². The van der Waals surface area contributed by atoms with Gasteiger partial charge in [0, 0.05) is 26.1 Å². The van der Waals surface area contributed by atoms with Crippen LogP contribution in [0.2, 0.25) is 0 Å². The monoisotopic (exact) mass is 496 g/mol. The molecule has 1 aromatic rings. The fourth-order valence-electron chi connectivity index (χ4n) is 3.60. The van der Waals surface area contributed by atoms with Crippen LogP contribution in [0.5, 0.6) is 0 Å². The Kier molecular flexibility index (Phi) is 10.3. The minimum atomic E-state index is -3.90. The molecule has 2 atom stereocenters. The summed E-state index contributed by atoms with van der Waals surface area (Å²) in [6, 6.07) is 5.33. The predicted octanol–water partition coefficient (Wildman–Crippen LogP) is -0.431. The molecule has 0 aromatic heterocycles. The number of carbonyl (C=O) groups is 3. The van der Waals surface area contributed by atoms with Crippen LogP contribution in [0.4, 0.5) is 0 Å². The number of carbonyl (C=O) groups excluding carboxylic acids is 2. The summed E-state index contributed by atoms with van der Waals surface area (Å²) in [5.41, 5.74) is 5.18. The Balaban J connectivity index is 1.86. The molecule has 1 heterocycles. The van der Waals surface area contributed by atoms with Crippen LogP contribution in [0, 0.1) is 5.41 Å². The molecule has 2 amide bonds. The lowest BCUT2D eigenvalue weighted by molar-refractivity contribution is -0.142. The first-order valence-corrected chi connectivity index (χ1v) is 12.5. The number of guanidine groups is 1. The Morgan fingerprint density at radius 1 is 1.15 bits per heavy atom. The number of carboxylic acids is 1. The number of benzene rings is 1. The van der Waals surface area contributed by atoms with Crippen molar-refractivity contribution in [2.45, 2.75) is 55.5 Å². The molecule has 0 bridgehead atoms. The van der Waals surface area contributed by atoms with Gasteiger partial charge in [0.25, 0.3) is 0 Å². The second-order valence-corrected chi connectivity index (χ2v) is 9.83. The molecule has 2 unspecified atom stereocenters. The van der Waals surface area contributed by atoms with Crippen LogP contribution in [0.25, 0.3) is 0 Å². The maximum Gasteiger partial charge on any atom is 0.328 e. The lowest BCUT2D eigenvalue weighted by Gasteiger charge is -2.25. The van der Waals surface area contributed by atoms with Gasteiger partial charge in [-0.25, -0.2) is 13.2 Å². The van der Waals surface area contributed by atoms with Gasteiger partial charge in [-0.05, 0) is 37.8 Å². The van der Waals surface area contributed by atoms with Crippen molar-refractivity contribution in [3.63, 3.8) is 0 Å². The first-order valence-electron chi connectivity index (χ1n) is 11.1. The Morgan fingerprint density at radius 3 is 2.50 bits per heavy atom. The third kappa shape index (κ3) is 7.99. The third-order valence-corrected chi connectivity index (χ3v) is 7.29. The van der Waals surface area contributed by atoms with Gasteiger partial charge < -0.3 is 26.8 Å². The van der Waals surface area contributed by atoms with Gasteiger partial charge >= 0.3 is 5.97 Å². The van der Waals surface area contributed by atoms with Gasteiger partial charge in [-0.15, -0.1) is 0 Å². The predicted molar refractivity (Wildman–Crippen MR) is 124 cm³/mol. The lowest BCUT2D eigenvalue weighted by atomic mass is 10.1. The summed E-state index contributed by atoms with van der Waals surface area (Å²) in [4.78, 5) is 36.5. The number of unbranched alkanes of at least 4 members (excludes halogenated alkanes) is 2. The highest BCUT2D eigenvalue weighted by Crippen LogP contribution is 2.26. The number of nitrogens with two attached hydrogens (primary N) is 1. The van der Waals surface area contributed by atoms with E-state index >= 15 is 0 Å². The van der Waals surface area contributed by atoms with Crippen LogP contribution in [-0.4, -0.2) is 73.3 Å². The van der Waals surface area contributed by atoms with E-state index in [0.29, 0.717) is 19.4 Å². The summed E-state index contributed by atoms with van der Waals surface area (Å²) in [5.74, 6) is -2.51. The second-order valence-electron chi connectivity index (χ2n) is 7.94. The normalized spacial score (nSPS) is 17.0. The van der Waals surface area contributed by atoms with Gasteiger partial charge in [0.2, 0.25) is 21.8 Å². The average molecular weight is 497 g/mol. The van der Waals surface area contributed by atoms with E-state index in [1.54, 1.807) is 18.2 Å². The highest BCUT2D eigenvalue weighted by molar-refractivity contribution is 7.89. The molecule has 34 heavy (non-hydrogen) atoms. The molecule has 1 fully saturated rings. The zero-order valence-electron chi connectivity index (χ0n) is 18.8.